The zero-order chi connectivity index (χ0) is 11.8. The summed E-state index contributed by atoms with van der Waals surface area (Å²) in [5.41, 5.74) is 6.61. The Morgan fingerprint density at radius 3 is 2.88 bits per heavy atom. The van der Waals surface area contributed by atoms with Gasteiger partial charge in [0.2, 0.25) is 0 Å². The van der Waals surface area contributed by atoms with Crippen LogP contribution < -0.4 is 5.73 Å². The lowest BCUT2D eigenvalue weighted by Gasteiger charge is -2.22. The molecule has 2 N–H and O–H groups in total. The maximum absolute atomic E-state index is 12.1. The molecule has 1 aliphatic rings. The first-order chi connectivity index (χ1) is 7.54. The number of rotatable bonds is 2. The highest BCUT2D eigenvalue weighted by Gasteiger charge is 2.35. The van der Waals surface area contributed by atoms with Crippen LogP contribution in [0.4, 0.5) is 0 Å². The van der Waals surface area contributed by atoms with Crippen LogP contribution in [0.15, 0.2) is 15.2 Å². The second-order valence-electron chi connectivity index (χ2n) is 4.63. The molecule has 1 aromatic heterocycles. The van der Waals surface area contributed by atoms with Gasteiger partial charge in [0.05, 0.1) is 9.35 Å². The molecule has 0 saturated carbocycles. The summed E-state index contributed by atoms with van der Waals surface area (Å²) < 4.78 is 0.997. The predicted octanol–water partition coefficient (Wildman–Crippen LogP) is 2.74. The molecule has 0 radical (unpaired) electrons. The fourth-order valence-corrected chi connectivity index (χ4v) is 3.10. The van der Waals surface area contributed by atoms with Crippen LogP contribution in [0.1, 0.15) is 23.7 Å². The number of carbonyl (C=O) groups excluding carboxylic acids is 1. The van der Waals surface area contributed by atoms with E-state index < -0.39 is 0 Å². The monoisotopic (exact) mass is 338 g/mol. The molecule has 6 heteroatoms. The van der Waals surface area contributed by atoms with Crippen molar-refractivity contribution in [2.45, 2.75) is 13.3 Å². The lowest BCUT2D eigenvalue weighted by atomic mass is 9.90. The summed E-state index contributed by atoms with van der Waals surface area (Å²) in [4.78, 5) is 14.0. The van der Waals surface area contributed by atoms with Crippen molar-refractivity contribution in [1.29, 1.82) is 0 Å². The van der Waals surface area contributed by atoms with Crippen LogP contribution in [0, 0.1) is 5.41 Å². The van der Waals surface area contributed by atoms with Crippen molar-refractivity contribution in [3.63, 3.8) is 0 Å². The standard InChI is InChI=1S/C11H15BrN2OS.ClH/c1-11(6-13)2-3-14(7-11)10(15)8-4-9(12)16-5-8;/h4-5H,2-3,6-7,13H2,1H3;1H. The molecule has 1 aliphatic heterocycles. The lowest BCUT2D eigenvalue weighted by Crippen LogP contribution is -2.34. The summed E-state index contributed by atoms with van der Waals surface area (Å²) in [6, 6.07) is 1.88. The van der Waals surface area contributed by atoms with E-state index in [1.165, 1.54) is 0 Å². The number of hydrogen-bond donors (Lipinski definition) is 1. The zero-order valence-corrected chi connectivity index (χ0v) is 12.8. The van der Waals surface area contributed by atoms with Gasteiger partial charge in [-0.05, 0) is 40.4 Å². The normalized spacial score (nSPS) is 23.6. The van der Waals surface area contributed by atoms with Gasteiger partial charge in [0.1, 0.15) is 0 Å². The van der Waals surface area contributed by atoms with Gasteiger partial charge in [-0.2, -0.15) is 0 Å². The molecule has 1 fully saturated rings. The Balaban J connectivity index is 0.00000144. The van der Waals surface area contributed by atoms with E-state index in [2.05, 4.69) is 22.9 Å². The maximum Gasteiger partial charge on any atom is 0.254 e. The van der Waals surface area contributed by atoms with Crippen LogP contribution in [-0.2, 0) is 0 Å². The molecular weight excluding hydrogens is 324 g/mol. The lowest BCUT2D eigenvalue weighted by molar-refractivity contribution is 0.0777. The molecule has 96 valence electrons. The summed E-state index contributed by atoms with van der Waals surface area (Å²) in [6.07, 6.45) is 1.00. The minimum absolute atomic E-state index is 0. The Kier molecular flexibility index (Phi) is 5.01. The number of nitrogens with two attached hydrogens (primary N) is 1. The van der Waals surface area contributed by atoms with Crippen molar-refractivity contribution >= 4 is 45.6 Å². The molecule has 0 bridgehead atoms. The number of amides is 1. The Hall–Kier alpha value is -0.100. The molecule has 1 aromatic rings. The number of carbonyl (C=O) groups is 1. The zero-order valence-electron chi connectivity index (χ0n) is 9.61. The van der Waals surface area contributed by atoms with Crippen LogP contribution in [0.2, 0.25) is 0 Å². The number of likely N-dealkylation sites (tertiary alicyclic amines) is 1. The minimum atomic E-state index is 0. The average molecular weight is 340 g/mol. The first kappa shape index (κ1) is 15.0. The van der Waals surface area contributed by atoms with Crippen LogP contribution in [-0.4, -0.2) is 30.4 Å². The number of nitrogens with zero attached hydrogens (tertiary/aromatic N) is 1. The molecule has 1 amide bonds. The second kappa shape index (κ2) is 5.69. The topological polar surface area (TPSA) is 46.3 Å². The molecular formula is C11H16BrClN2OS. The molecule has 1 atom stereocenters. The summed E-state index contributed by atoms with van der Waals surface area (Å²) in [5, 5.41) is 1.89. The van der Waals surface area contributed by atoms with Gasteiger partial charge in [-0.15, -0.1) is 23.7 Å². The van der Waals surface area contributed by atoms with Crippen LogP contribution in [0.3, 0.4) is 0 Å². The molecule has 17 heavy (non-hydrogen) atoms. The highest BCUT2D eigenvalue weighted by Crippen LogP contribution is 2.30. The van der Waals surface area contributed by atoms with Gasteiger partial charge in [0.25, 0.3) is 5.91 Å². The van der Waals surface area contributed by atoms with Crippen molar-refractivity contribution in [2.24, 2.45) is 11.1 Å². The highest BCUT2D eigenvalue weighted by atomic mass is 79.9. The van der Waals surface area contributed by atoms with E-state index in [9.17, 15) is 4.79 Å². The van der Waals surface area contributed by atoms with Crippen LogP contribution in [0.5, 0.6) is 0 Å². The van der Waals surface area contributed by atoms with Crippen LogP contribution in [0.25, 0.3) is 0 Å². The van der Waals surface area contributed by atoms with E-state index in [1.54, 1.807) is 11.3 Å². The molecule has 1 unspecified atom stereocenters. The molecule has 2 heterocycles. The number of hydrogen-bond acceptors (Lipinski definition) is 3. The second-order valence-corrected chi connectivity index (χ2v) is 6.92. The first-order valence-electron chi connectivity index (χ1n) is 5.27. The molecule has 3 nitrogen and oxygen atoms in total. The quantitative estimate of drug-likeness (QED) is 0.900. The van der Waals surface area contributed by atoms with E-state index in [4.69, 9.17) is 5.73 Å². The highest BCUT2D eigenvalue weighted by molar-refractivity contribution is 9.11. The third-order valence-corrected chi connectivity index (χ3v) is 4.66. The van der Waals surface area contributed by atoms with Gasteiger partial charge in [-0.3, -0.25) is 4.79 Å². The molecule has 0 spiro atoms. The van der Waals surface area contributed by atoms with Gasteiger partial charge in [0, 0.05) is 18.5 Å². The van der Waals surface area contributed by atoms with E-state index in [-0.39, 0.29) is 23.7 Å². The maximum atomic E-state index is 12.1. The Bertz CT molecular complexity index is 412. The van der Waals surface area contributed by atoms with Gasteiger partial charge in [0.15, 0.2) is 0 Å². The van der Waals surface area contributed by atoms with Crippen molar-refractivity contribution in [3.05, 3.63) is 20.8 Å². The van der Waals surface area contributed by atoms with E-state index in [1.807, 2.05) is 16.3 Å². The Labute approximate surface area is 120 Å². The van der Waals surface area contributed by atoms with E-state index >= 15 is 0 Å². The SMILES string of the molecule is CC1(CN)CCN(C(=O)c2csc(Br)c2)C1.Cl. The predicted molar refractivity (Wildman–Crippen MR) is 76.9 cm³/mol. The molecule has 0 aromatic carbocycles. The molecule has 1 saturated heterocycles. The average Bonchev–Trinajstić information content (AvgIpc) is 2.85. The third-order valence-electron chi connectivity index (χ3n) is 3.15. The third kappa shape index (κ3) is 3.22. The van der Waals surface area contributed by atoms with Crippen LogP contribution >= 0.6 is 39.7 Å². The Morgan fingerprint density at radius 1 is 1.71 bits per heavy atom. The number of thiophene rings is 1. The number of halogens is 2. The fourth-order valence-electron chi connectivity index (χ4n) is 1.97. The minimum Gasteiger partial charge on any atom is -0.338 e. The van der Waals surface area contributed by atoms with Gasteiger partial charge in [-0.25, -0.2) is 0 Å². The summed E-state index contributed by atoms with van der Waals surface area (Å²) in [6.45, 7) is 4.38. The van der Waals surface area contributed by atoms with Crippen molar-refractivity contribution in [2.75, 3.05) is 19.6 Å². The molecule has 0 aliphatic carbocycles. The van der Waals surface area contributed by atoms with Gasteiger partial charge in [-0.1, -0.05) is 6.92 Å². The fraction of sp³-hybridized carbons (Fsp3) is 0.545. The van der Waals surface area contributed by atoms with Crippen molar-refractivity contribution in [3.8, 4) is 0 Å². The van der Waals surface area contributed by atoms with Crippen molar-refractivity contribution < 1.29 is 4.79 Å². The van der Waals surface area contributed by atoms with E-state index in [0.717, 1.165) is 28.9 Å². The summed E-state index contributed by atoms with van der Waals surface area (Å²) in [7, 11) is 0. The Morgan fingerprint density at radius 2 is 2.41 bits per heavy atom. The summed E-state index contributed by atoms with van der Waals surface area (Å²) in [5.74, 6) is 0.124. The first-order valence-corrected chi connectivity index (χ1v) is 6.95. The van der Waals surface area contributed by atoms with Gasteiger partial charge < -0.3 is 10.6 Å². The summed E-state index contributed by atoms with van der Waals surface area (Å²) >= 11 is 4.91. The van der Waals surface area contributed by atoms with Gasteiger partial charge >= 0.3 is 0 Å². The largest absolute Gasteiger partial charge is 0.338 e. The van der Waals surface area contributed by atoms with Crippen molar-refractivity contribution in [1.82, 2.24) is 4.90 Å². The van der Waals surface area contributed by atoms with E-state index in [0.29, 0.717) is 6.54 Å². The smallest absolute Gasteiger partial charge is 0.254 e. The molecule has 2 rings (SSSR count).